The summed E-state index contributed by atoms with van der Waals surface area (Å²) in [6.45, 7) is 2.31. The molecule has 0 saturated carbocycles. The Bertz CT molecular complexity index is 617. The van der Waals surface area contributed by atoms with Gasteiger partial charge in [0.15, 0.2) is 11.6 Å². The molecule has 1 atom stereocenters. The predicted molar refractivity (Wildman–Crippen MR) is 81.1 cm³/mol. The highest BCUT2D eigenvalue weighted by Gasteiger charge is 2.22. The van der Waals surface area contributed by atoms with Crippen molar-refractivity contribution in [2.45, 2.75) is 17.9 Å². The van der Waals surface area contributed by atoms with E-state index >= 15 is 0 Å². The van der Waals surface area contributed by atoms with E-state index in [-0.39, 0.29) is 11.9 Å². The molecule has 1 heterocycles. The van der Waals surface area contributed by atoms with Crippen molar-refractivity contribution in [2.75, 3.05) is 17.7 Å². The fraction of sp³-hybridized carbons (Fsp3) is 0.250. The van der Waals surface area contributed by atoms with Gasteiger partial charge in [0.05, 0.1) is 12.6 Å². The van der Waals surface area contributed by atoms with Gasteiger partial charge in [-0.25, -0.2) is 4.39 Å². The number of ether oxygens (including phenoxy) is 1. The second kappa shape index (κ2) is 5.75. The molecule has 0 amide bonds. The van der Waals surface area contributed by atoms with Crippen LogP contribution >= 0.6 is 11.8 Å². The van der Waals surface area contributed by atoms with E-state index in [0.717, 1.165) is 11.4 Å². The third-order valence-electron chi connectivity index (χ3n) is 3.27. The van der Waals surface area contributed by atoms with Gasteiger partial charge in [0.2, 0.25) is 0 Å². The highest BCUT2D eigenvalue weighted by Crippen LogP contribution is 2.39. The average molecular weight is 289 g/mol. The lowest BCUT2D eigenvalue weighted by Crippen LogP contribution is -2.10. The van der Waals surface area contributed by atoms with Crippen molar-refractivity contribution in [3.05, 3.63) is 53.8 Å². The van der Waals surface area contributed by atoms with Crippen LogP contribution in [0.1, 0.15) is 18.5 Å². The normalized spacial score (nSPS) is 16.8. The first-order valence-electron chi connectivity index (χ1n) is 6.68. The van der Waals surface area contributed by atoms with E-state index in [0.29, 0.717) is 12.4 Å². The molecule has 0 bridgehead atoms. The van der Waals surface area contributed by atoms with Gasteiger partial charge in [0.1, 0.15) is 0 Å². The summed E-state index contributed by atoms with van der Waals surface area (Å²) in [5, 5.41) is 3.39. The van der Waals surface area contributed by atoms with Crippen LogP contribution in [-0.2, 0) is 0 Å². The first-order chi connectivity index (χ1) is 9.78. The Balaban J connectivity index is 1.78. The van der Waals surface area contributed by atoms with Crippen LogP contribution in [0.3, 0.4) is 0 Å². The third-order valence-corrected chi connectivity index (χ3v) is 4.46. The second-order valence-electron chi connectivity index (χ2n) is 4.62. The lowest BCUT2D eigenvalue weighted by atomic mass is 10.1. The Morgan fingerprint density at radius 2 is 2.15 bits per heavy atom. The first kappa shape index (κ1) is 13.3. The predicted octanol–water partition coefficient (Wildman–Crippen LogP) is 4.48. The van der Waals surface area contributed by atoms with Crippen molar-refractivity contribution in [3.63, 3.8) is 0 Å². The van der Waals surface area contributed by atoms with Gasteiger partial charge in [-0.3, -0.25) is 0 Å². The average Bonchev–Trinajstić information content (AvgIpc) is 2.86. The summed E-state index contributed by atoms with van der Waals surface area (Å²) in [5.74, 6) is 0.948. The van der Waals surface area contributed by atoms with Crippen molar-refractivity contribution >= 4 is 17.4 Å². The largest absolute Gasteiger partial charge is 0.491 e. The standard InChI is InChI=1S/C16H16FNOS/c1-2-19-15-8-7-11(9-13(15)17)18-14-10-20-16-6-4-3-5-12(14)16/h3-9,14,18H,2,10H2,1H3. The maximum Gasteiger partial charge on any atom is 0.167 e. The zero-order valence-corrected chi connectivity index (χ0v) is 12.0. The minimum Gasteiger partial charge on any atom is -0.491 e. The van der Waals surface area contributed by atoms with Crippen LogP contribution in [0.2, 0.25) is 0 Å². The number of rotatable bonds is 4. The van der Waals surface area contributed by atoms with Gasteiger partial charge in [0.25, 0.3) is 0 Å². The molecular formula is C16H16FNOS. The van der Waals surface area contributed by atoms with Crippen LogP contribution in [-0.4, -0.2) is 12.4 Å². The van der Waals surface area contributed by atoms with Crippen LogP contribution in [0, 0.1) is 5.82 Å². The van der Waals surface area contributed by atoms with Crippen LogP contribution in [0.4, 0.5) is 10.1 Å². The van der Waals surface area contributed by atoms with Gasteiger partial charge >= 0.3 is 0 Å². The summed E-state index contributed by atoms with van der Waals surface area (Å²) < 4.78 is 19.0. The molecule has 0 fully saturated rings. The molecule has 2 nitrogen and oxygen atoms in total. The molecule has 2 aromatic rings. The van der Waals surface area contributed by atoms with Crippen molar-refractivity contribution in [2.24, 2.45) is 0 Å². The number of hydrogen-bond donors (Lipinski definition) is 1. The van der Waals surface area contributed by atoms with E-state index in [2.05, 4.69) is 17.4 Å². The molecule has 20 heavy (non-hydrogen) atoms. The van der Waals surface area contributed by atoms with Crippen molar-refractivity contribution in [1.82, 2.24) is 0 Å². The van der Waals surface area contributed by atoms with Gasteiger partial charge < -0.3 is 10.1 Å². The number of thioether (sulfide) groups is 1. The number of benzene rings is 2. The van der Waals surface area contributed by atoms with Crippen molar-refractivity contribution < 1.29 is 9.13 Å². The number of hydrogen-bond acceptors (Lipinski definition) is 3. The molecular weight excluding hydrogens is 273 g/mol. The Morgan fingerprint density at radius 3 is 2.95 bits per heavy atom. The minimum absolute atomic E-state index is 0.230. The minimum atomic E-state index is -0.323. The molecule has 1 N–H and O–H groups in total. The first-order valence-corrected chi connectivity index (χ1v) is 7.67. The van der Waals surface area contributed by atoms with E-state index in [1.165, 1.54) is 16.5 Å². The van der Waals surface area contributed by atoms with Gasteiger partial charge in [-0.2, -0.15) is 0 Å². The molecule has 3 rings (SSSR count). The van der Waals surface area contributed by atoms with E-state index < -0.39 is 0 Å². The Hall–Kier alpha value is -1.68. The lowest BCUT2D eigenvalue weighted by molar-refractivity contribution is 0.321. The monoisotopic (exact) mass is 289 g/mol. The number of halogens is 1. The van der Waals surface area contributed by atoms with E-state index in [1.54, 1.807) is 6.07 Å². The highest BCUT2D eigenvalue weighted by atomic mass is 32.2. The smallest absolute Gasteiger partial charge is 0.167 e. The summed E-state index contributed by atoms with van der Waals surface area (Å²) in [6.07, 6.45) is 0. The molecule has 0 aliphatic carbocycles. The zero-order valence-electron chi connectivity index (χ0n) is 11.2. The van der Waals surface area contributed by atoms with Crippen LogP contribution < -0.4 is 10.1 Å². The SMILES string of the molecule is CCOc1ccc(NC2CSc3ccccc32)cc1F. The molecule has 4 heteroatoms. The molecule has 1 aliphatic heterocycles. The molecule has 0 spiro atoms. The molecule has 0 radical (unpaired) electrons. The maximum absolute atomic E-state index is 13.8. The molecule has 0 saturated heterocycles. The summed E-state index contributed by atoms with van der Waals surface area (Å²) in [4.78, 5) is 1.30. The maximum atomic E-state index is 13.8. The molecule has 0 aromatic heterocycles. The molecule has 2 aromatic carbocycles. The highest BCUT2D eigenvalue weighted by molar-refractivity contribution is 7.99. The van der Waals surface area contributed by atoms with E-state index in [1.807, 2.05) is 36.9 Å². The van der Waals surface area contributed by atoms with Crippen molar-refractivity contribution in [1.29, 1.82) is 0 Å². The van der Waals surface area contributed by atoms with Gasteiger partial charge in [-0.15, -0.1) is 11.8 Å². The Kier molecular flexibility index (Phi) is 3.83. The topological polar surface area (TPSA) is 21.3 Å². The van der Waals surface area contributed by atoms with E-state index in [4.69, 9.17) is 4.74 Å². The number of anilines is 1. The second-order valence-corrected chi connectivity index (χ2v) is 5.69. The summed E-state index contributed by atoms with van der Waals surface area (Å²) in [5.41, 5.74) is 2.07. The van der Waals surface area contributed by atoms with Gasteiger partial charge in [0, 0.05) is 22.4 Å². The summed E-state index contributed by atoms with van der Waals surface area (Å²) >= 11 is 1.83. The fourth-order valence-corrected chi connectivity index (χ4v) is 3.51. The molecule has 1 aliphatic rings. The lowest BCUT2D eigenvalue weighted by Gasteiger charge is -2.15. The fourth-order valence-electron chi connectivity index (χ4n) is 2.35. The Morgan fingerprint density at radius 1 is 1.30 bits per heavy atom. The number of fused-ring (bicyclic) bond motifs is 1. The van der Waals surface area contributed by atoms with Crippen molar-refractivity contribution in [3.8, 4) is 5.75 Å². The quantitative estimate of drug-likeness (QED) is 0.896. The molecule has 104 valence electrons. The van der Waals surface area contributed by atoms with E-state index in [9.17, 15) is 4.39 Å². The summed E-state index contributed by atoms with van der Waals surface area (Å²) in [7, 11) is 0. The Labute approximate surface area is 122 Å². The van der Waals surface area contributed by atoms with Crippen LogP contribution in [0.5, 0.6) is 5.75 Å². The molecule has 1 unspecified atom stereocenters. The third kappa shape index (κ3) is 2.61. The van der Waals surface area contributed by atoms with Gasteiger partial charge in [-0.05, 0) is 30.7 Å². The van der Waals surface area contributed by atoms with Crippen LogP contribution in [0.15, 0.2) is 47.4 Å². The number of nitrogens with one attached hydrogen (secondary N) is 1. The van der Waals surface area contributed by atoms with Crippen LogP contribution in [0.25, 0.3) is 0 Å². The van der Waals surface area contributed by atoms with Gasteiger partial charge in [-0.1, -0.05) is 18.2 Å². The zero-order chi connectivity index (χ0) is 13.9. The summed E-state index contributed by atoms with van der Waals surface area (Å²) in [6, 6.07) is 13.6.